The summed E-state index contributed by atoms with van der Waals surface area (Å²) in [5.74, 6) is 0.997. The minimum atomic E-state index is -0.612. The number of nitrogens with zero attached hydrogens (tertiary/aromatic N) is 1. The van der Waals surface area contributed by atoms with E-state index in [2.05, 4.69) is 5.32 Å². The molecule has 1 aliphatic heterocycles. The molecule has 0 spiro atoms. The highest BCUT2D eigenvalue weighted by atomic mass is 16.5. The first-order valence-electron chi connectivity index (χ1n) is 8.90. The van der Waals surface area contributed by atoms with Crippen LogP contribution in [0.3, 0.4) is 0 Å². The molecule has 0 aliphatic carbocycles. The molecule has 0 atom stereocenters. The SMILES string of the molecule is CCN1C(=O)C(C)(C)COc2ccc(NC(=O)c3cccc(OC)c3)cc21. The molecule has 0 saturated carbocycles. The van der Waals surface area contributed by atoms with Crippen LogP contribution in [0.5, 0.6) is 11.5 Å². The van der Waals surface area contributed by atoms with E-state index in [1.165, 1.54) is 0 Å². The van der Waals surface area contributed by atoms with Crippen molar-refractivity contribution in [3.05, 3.63) is 48.0 Å². The predicted octanol–water partition coefficient (Wildman–Crippen LogP) is 3.72. The van der Waals surface area contributed by atoms with Gasteiger partial charge >= 0.3 is 0 Å². The second-order valence-electron chi connectivity index (χ2n) is 7.09. The van der Waals surface area contributed by atoms with E-state index in [1.807, 2.05) is 20.8 Å². The van der Waals surface area contributed by atoms with Gasteiger partial charge in [0, 0.05) is 17.8 Å². The maximum atomic E-state index is 12.8. The van der Waals surface area contributed by atoms with Gasteiger partial charge in [-0.2, -0.15) is 0 Å². The van der Waals surface area contributed by atoms with E-state index in [4.69, 9.17) is 9.47 Å². The van der Waals surface area contributed by atoms with Gasteiger partial charge < -0.3 is 19.7 Å². The van der Waals surface area contributed by atoms with Crippen LogP contribution in [-0.4, -0.2) is 32.1 Å². The Kier molecular flexibility index (Phi) is 5.08. The molecule has 0 aromatic heterocycles. The van der Waals surface area contributed by atoms with Gasteiger partial charge in [-0.25, -0.2) is 0 Å². The molecular weight excluding hydrogens is 344 g/mol. The van der Waals surface area contributed by atoms with Gasteiger partial charge in [0.1, 0.15) is 18.1 Å². The van der Waals surface area contributed by atoms with Gasteiger partial charge in [0.2, 0.25) is 5.91 Å². The highest BCUT2D eigenvalue weighted by molar-refractivity contribution is 6.05. The lowest BCUT2D eigenvalue weighted by Gasteiger charge is -2.27. The largest absolute Gasteiger partial charge is 0.497 e. The molecule has 2 aromatic rings. The van der Waals surface area contributed by atoms with Crippen LogP contribution < -0.4 is 19.7 Å². The lowest BCUT2D eigenvalue weighted by atomic mass is 9.93. The van der Waals surface area contributed by atoms with Crippen LogP contribution in [0, 0.1) is 5.41 Å². The highest BCUT2D eigenvalue weighted by Crippen LogP contribution is 2.38. The van der Waals surface area contributed by atoms with Crippen LogP contribution in [0.2, 0.25) is 0 Å². The first-order valence-corrected chi connectivity index (χ1v) is 8.90. The number of fused-ring (bicyclic) bond motifs is 1. The molecule has 6 heteroatoms. The van der Waals surface area contributed by atoms with Gasteiger partial charge in [-0.1, -0.05) is 6.07 Å². The molecular formula is C21H24N2O4. The smallest absolute Gasteiger partial charge is 0.255 e. The molecule has 1 heterocycles. The second-order valence-corrected chi connectivity index (χ2v) is 7.09. The summed E-state index contributed by atoms with van der Waals surface area (Å²) in [6.45, 7) is 6.49. The monoisotopic (exact) mass is 368 g/mol. The zero-order chi connectivity index (χ0) is 19.6. The number of rotatable bonds is 4. The molecule has 0 fully saturated rings. The molecule has 6 nitrogen and oxygen atoms in total. The van der Waals surface area contributed by atoms with Gasteiger partial charge in [0.15, 0.2) is 0 Å². The summed E-state index contributed by atoms with van der Waals surface area (Å²) in [7, 11) is 1.56. The second kappa shape index (κ2) is 7.31. The lowest BCUT2D eigenvalue weighted by molar-refractivity contribution is -0.127. The zero-order valence-corrected chi connectivity index (χ0v) is 16.0. The van der Waals surface area contributed by atoms with E-state index in [-0.39, 0.29) is 11.8 Å². The summed E-state index contributed by atoms with van der Waals surface area (Å²) in [5, 5.41) is 2.87. The molecule has 1 N–H and O–H groups in total. The molecule has 1 aliphatic rings. The van der Waals surface area contributed by atoms with Crippen molar-refractivity contribution < 1.29 is 19.1 Å². The fraction of sp³-hybridized carbons (Fsp3) is 0.333. The molecule has 2 aromatic carbocycles. The fourth-order valence-corrected chi connectivity index (χ4v) is 3.00. The number of ether oxygens (including phenoxy) is 2. The number of anilines is 2. The van der Waals surface area contributed by atoms with Gasteiger partial charge in [-0.15, -0.1) is 0 Å². The number of hydrogen-bond donors (Lipinski definition) is 1. The van der Waals surface area contributed by atoms with E-state index in [0.29, 0.717) is 41.6 Å². The molecule has 27 heavy (non-hydrogen) atoms. The van der Waals surface area contributed by atoms with Crippen molar-refractivity contribution in [1.29, 1.82) is 0 Å². The summed E-state index contributed by atoms with van der Waals surface area (Å²) in [6, 6.07) is 12.3. The van der Waals surface area contributed by atoms with Gasteiger partial charge in [0.25, 0.3) is 5.91 Å². The van der Waals surface area contributed by atoms with Gasteiger partial charge in [0.05, 0.1) is 18.2 Å². The van der Waals surface area contributed by atoms with Crippen molar-refractivity contribution in [2.75, 3.05) is 30.5 Å². The number of methoxy groups -OCH3 is 1. The van der Waals surface area contributed by atoms with Crippen molar-refractivity contribution in [3.63, 3.8) is 0 Å². The van der Waals surface area contributed by atoms with Crippen molar-refractivity contribution in [3.8, 4) is 11.5 Å². The third-order valence-corrected chi connectivity index (χ3v) is 4.57. The Bertz CT molecular complexity index is 876. The lowest BCUT2D eigenvalue weighted by Crippen LogP contribution is -2.42. The number of benzene rings is 2. The van der Waals surface area contributed by atoms with Crippen LogP contribution >= 0.6 is 0 Å². The molecule has 3 rings (SSSR count). The standard InChI is InChI=1S/C21H24N2O4/c1-5-23-17-12-15(9-10-18(17)27-13-21(2,3)20(23)25)22-19(24)14-7-6-8-16(11-14)26-4/h6-12H,5,13H2,1-4H3,(H,22,24). The quantitative estimate of drug-likeness (QED) is 0.893. The van der Waals surface area contributed by atoms with Crippen molar-refractivity contribution in [2.45, 2.75) is 20.8 Å². The van der Waals surface area contributed by atoms with E-state index >= 15 is 0 Å². The average Bonchev–Trinajstić information content (AvgIpc) is 2.76. The normalized spacial score (nSPS) is 15.4. The fourth-order valence-electron chi connectivity index (χ4n) is 3.00. The minimum absolute atomic E-state index is 0.0000206. The van der Waals surface area contributed by atoms with Crippen molar-refractivity contribution in [1.82, 2.24) is 0 Å². The van der Waals surface area contributed by atoms with E-state index in [9.17, 15) is 9.59 Å². The van der Waals surface area contributed by atoms with E-state index < -0.39 is 5.41 Å². The summed E-state index contributed by atoms with van der Waals surface area (Å²) >= 11 is 0. The average molecular weight is 368 g/mol. The summed E-state index contributed by atoms with van der Waals surface area (Å²) in [4.78, 5) is 27.1. The Morgan fingerprint density at radius 2 is 2.04 bits per heavy atom. The van der Waals surface area contributed by atoms with Crippen LogP contribution in [0.1, 0.15) is 31.1 Å². The summed E-state index contributed by atoms with van der Waals surface area (Å²) < 4.78 is 11.0. The zero-order valence-electron chi connectivity index (χ0n) is 16.0. The topological polar surface area (TPSA) is 67.9 Å². The van der Waals surface area contributed by atoms with E-state index in [0.717, 1.165) is 0 Å². The van der Waals surface area contributed by atoms with E-state index in [1.54, 1.807) is 54.5 Å². The Labute approximate surface area is 159 Å². The first kappa shape index (κ1) is 18.8. The van der Waals surface area contributed by atoms with Crippen LogP contribution in [0.15, 0.2) is 42.5 Å². The third kappa shape index (κ3) is 3.74. The Morgan fingerprint density at radius 1 is 1.26 bits per heavy atom. The van der Waals surface area contributed by atoms with Crippen LogP contribution in [0.25, 0.3) is 0 Å². The summed E-state index contributed by atoms with van der Waals surface area (Å²) in [6.07, 6.45) is 0. The van der Waals surface area contributed by atoms with Crippen molar-refractivity contribution >= 4 is 23.2 Å². The minimum Gasteiger partial charge on any atom is -0.497 e. The molecule has 0 unspecified atom stereocenters. The maximum Gasteiger partial charge on any atom is 0.255 e. The van der Waals surface area contributed by atoms with Crippen molar-refractivity contribution in [2.24, 2.45) is 5.41 Å². The molecule has 142 valence electrons. The molecule has 0 saturated heterocycles. The number of carbonyl (C=O) groups is 2. The Balaban J connectivity index is 1.89. The number of nitrogens with one attached hydrogen (secondary N) is 1. The third-order valence-electron chi connectivity index (χ3n) is 4.57. The van der Waals surface area contributed by atoms with Crippen LogP contribution in [-0.2, 0) is 4.79 Å². The predicted molar refractivity (Wildman–Crippen MR) is 105 cm³/mol. The number of amides is 2. The highest BCUT2D eigenvalue weighted by Gasteiger charge is 2.37. The number of hydrogen-bond acceptors (Lipinski definition) is 4. The maximum absolute atomic E-state index is 12.8. The molecule has 2 amide bonds. The number of carbonyl (C=O) groups excluding carboxylic acids is 2. The Hall–Kier alpha value is -3.02. The van der Waals surface area contributed by atoms with Gasteiger partial charge in [-0.3, -0.25) is 9.59 Å². The molecule has 0 bridgehead atoms. The molecule has 0 radical (unpaired) electrons. The first-order chi connectivity index (χ1) is 12.9. The van der Waals surface area contributed by atoms with Crippen LogP contribution in [0.4, 0.5) is 11.4 Å². The summed E-state index contributed by atoms with van der Waals surface area (Å²) in [5.41, 5.74) is 1.14. The Morgan fingerprint density at radius 3 is 2.74 bits per heavy atom. The van der Waals surface area contributed by atoms with Gasteiger partial charge in [-0.05, 0) is 57.2 Å².